The molecule has 0 aliphatic rings. The molecule has 0 amide bonds. The Morgan fingerprint density at radius 3 is 2.35 bits per heavy atom. The fourth-order valence-corrected chi connectivity index (χ4v) is 3.53. The van der Waals surface area contributed by atoms with Gasteiger partial charge in [-0.3, -0.25) is 4.21 Å². The quantitative estimate of drug-likeness (QED) is 0.855. The van der Waals surface area contributed by atoms with Gasteiger partial charge in [-0.25, -0.2) is 4.98 Å². The van der Waals surface area contributed by atoms with E-state index in [0.717, 1.165) is 22.8 Å². The molecule has 2 aromatic rings. The zero-order valence-corrected chi connectivity index (χ0v) is 12.2. The second-order valence-electron chi connectivity index (χ2n) is 4.28. The van der Waals surface area contributed by atoms with Gasteiger partial charge in [-0.2, -0.15) is 13.2 Å². The highest BCUT2D eigenvalue weighted by Crippen LogP contribution is 2.29. The fourth-order valence-electron chi connectivity index (χ4n) is 1.67. The van der Waals surface area contributed by atoms with Crippen molar-refractivity contribution in [3.8, 4) is 0 Å². The number of hydrogen-bond acceptors (Lipinski definition) is 3. The third-order valence-corrected chi connectivity index (χ3v) is 4.68. The van der Waals surface area contributed by atoms with Crippen molar-refractivity contribution in [3.63, 3.8) is 0 Å². The molecule has 0 saturated heterocycles. The molecule has 0 aliphatic heterocycles. The van der Waals surface area contributed by atoms with E-state index in [9.17, 15) is 17.4 Å². The van der Waals surface area contributed by atoms with Crippen molar-refractivity contribution in [1.82, 2.24) is 4.98 Å². The maximum atomic E-state index is 12.4. The summed E-state index contributed by atoms with van der Waals surface area (Å²) < 4.78 is 49.1. The van der Waals surface area contributed by atoms with Gasteiger partial charge < -0.3 is 0 Å². The van der Waals surface area contributed by atoms with Gasteiger partial charge in [0, 0.05) is 21.9 Å². The topological polar surface area (TPSA) is 30.0 Å². The van der Waals surface area contributed by atoms with Crippen molar-refractivity contribution in [2.45, 2.75) is 24.6 Å². The van der Waals surface area contributed by atoms with Crippen molar-refractivity contribution >= 4 is 22.1 Å². The molecule has 2 nitrogen and oxygen atoms in total. The summed E-state index contributed by atoms with van der Waals surface area (Å²) in [5.41, 5.74) is 0.697. The number of thiazole rings is 1. The van der Waals surface area contributed by atoms with Crippen LogP contribution in [-0.2, 0) is 28.5 Å². The van der Waals surface area contributed by atoms with Crippen LogP contribution in [0.2, 0.25) is 0 Å². The first-order valence-corrected chi connectivity index (χ1v) is 8.13. The Balaban J connectivity index is 1.98. The summed E-state index contributed by atoms with van der Waals surface area (Å²) in [5.74, 6) is 0.556. The van der Waals surface area contributed by atoms with E-state index >= 15 is 0 Å². The average molecular weight is 319 g/mol. The third kappa shape index (κ3) is 4.14. The van der Waals surface area contributed by atoms with Gasteiger partial charge in [-0.1, -0.05) is 12.1 Å². The summed E-state index contributed by atoms with van der Waals surface area (Å²) in [6, 6.07) is 4.76. The molecule has 0 unspecified atom stereocenters. The minimum atomic E-state index is -4.34. The number of alkyl halides is 3. The number of aromatic nitrogens is 1. The predicted molar refractivity (Wildman–Crippen MR) is 73.8 cm³/mol. The van der Waals surface area contributed by atoms with Gasteiger partial charge in [0.2, 0.25) is 0 Å². The lowest BCUT2D eigenvalue weighted by molar-refractivity contribution is -0.137. The maximum Gasteiger partial charge on any atom is 0.416 e. The first kappa shape index (κ1) is 15.2. The molecule has 1 aromatic carbocycles. The summed E-state index contributed by atoms with van der Waals surface area (Å²) in [6.45, 7) is 1.87. The van der Waals surface area contributed by atoms with Crippen LogP contribution in [0.3, 0.4) is 0 Å². The molecule has 2 rings (SSSR count). The van der Waals surface area contributed by atoms with E-state index in [2.05, 4.69) is 4.98 Å². The van der Waals surface area contributed by atoms with Crippen molar-refractivity contribution in [2.75, 3.05) is 0 Å². The van der Waals surface area contributed by atoms with Crippen LogP contribution in [0.15, 0.2) is 29.6 Å². The Bertz CT molecular complexity index is 605. The molecule has 0 radical (unpaired) electrons. The first-order valence-electron chi connectivity index (χ1n) is 5.77. The van der Waals surface area contributed by atoms with Gasteiger partial charge >= 0.3 is 6.18 Å². The summed E-state index contributed by atoms with van der Waals surface area (Å²) >= 11 is 1.49. The highest BCUT2D eigenvalue weighted by atomic mass is 32.2. The maximum absolute atomic E-state index is 12.4. The molecule has 1 aromatic heterocycles. The van der Waals surface area contributed by atoms with Crippen LogP contribution in [-0.4, -0.2) is 9.19 Å². The average Bonchev–Trinajstić information content (AvgIpc) is 2.74. The number of rotatable bonds is 4. The molecule has 0 saturated carbocycles. The van der Waals surface area contributed by atoms with Gasteiger partial charge in [0.1, 0.15) is 0 Å². The van der Waals surface area contributed by atoms with Crippen LogP contribution in [0.25, 0.3) is 0 Å². The van der Waals surface area contributed by atoms with Crippen LogP contribution in [0.1, 0.15) is 21.8 Å². The van der Waals surface area contributed by atoms with E-state index in [1.54, 1.807) is 0 Å². The number of benzene rings is 1. The molecule has 108 valence electrons. The fraction of sp³-hybridized carbons (Fsp3) is 0.308. The molecule has 0 aliphatic carbocycles. The zero-order chi connectivity index (χ0) is 14.8. The summed E-state index contributed by atoms with van der Waals surface area (Å²) in [5, 5.41) is 2.76. The van der Waals surface area contributed by atoms with Crippen LogP contribution in [0.5, 0.6) is 0 Å². The predicted octanol–water partition coefficient (Wildman–Crippen LogP) is 3.92. The Kier molecular flexibility index (Phi) is 4.59. The first-order chi connectivity index (χ1) is 9.34. The third-order valence-electron chi connectivity index (χ3n) is 2.58. The van der Waals surface area contributed by atoms with E-state index in [0.29, 0.717) is 11.3 Å². The number of nitrogens with zero attached hydrogens (tertiary/aromatic N) is 1. The lowest BCUT2D eigenvalue weighted by atomic mass is 10.1. The van der Waals surface area contributed by atoms with Crippen molar-refractivity contribution in [2.24, 2.45) is 0 Å². The van der Waals surface area contributed by atoms with E-state index in [4.69, 9.17) is 0 Å². The monoisotopic (exact) mass is 319 g/mol. The van der Waals surface area contributed by atoms with Crippen LogP contribution < -0.4 is 0 Å². The summed E-state index contributed by atoms with van der Waals surface area (Å²) in [7, 11) is -1.17. The van der Waals surface area contributed by atoms with Crippen LogP contribution >= 0.6 is 11.3 Å². The van der Waals surface area contributed by atoms with Crippen molar-refractivity contribution in [1.29, 1.82) is 0 Å². The molecule has 7 heteroatoms. The number of halogens is 3. The lowest BCUT2D eigenvalue weighted by Crippen LogP contribution is -2.05. The van der Waals surface area contributed by atoms with E-state index in [1.165, 1.54) is 23.5 Å². The zero-order valence-electron chi connectivity index (χ0n) is 10.6. The van der Waals surface area contributed by atoms with Gasteiger partial charge in [-0.15, -0.1) is 11.3 Å². The standard InChI is InChI=1S/C13H12F3NOS2/c1-9-17-12(6-19-9)8-20(18)7-10-2-4-11(5-3-10)13(14,15)16/h2-6H,7-8H2,1H3/t20-/m0/s1. The van der Waals surface area contributed by atoms with E-state index < -0.39 is 22.5 Å². The Hall–Kier alpha value is -1.21. The van der Waals surface area contributed by atoms with E-state index in [1.807, 2.05) is 12.3 Å². The minimum absolute atomic E-state index is 0.231. The largest absolute Gasteiger partial charge is 0.416 e. The van der Waals surface area contributed by atoms with Crippen LogP contribution in [0, 0.1) is 6.92 Å². The van der Waals surface area contributed by atoms with Crippen molar-refractivity contribution < 1.29 is 17.4 Å². The molecule has 1 heterocycles. The SMILES string of the molecule is Cc1nc(C[S@@](=O)Cc2ccc(C(F)(F)F)cc2)cs1. The van der Waals surface area contributed by atoms with Crippen molar-refractivity contribution in [3.05, 3.63) is 51.5 Å². The smallest absolute Gasteiger partial charge is 0.259 e. The lowest BCUT2D eigenvalue weighted by Gasteiger charge is -2.07. The molecule has 1 atom stereocenters. The van der Waals surface area contributed by atoms with Gasteiger partial charge in [0.25, 0.3) is 0 Å². The molecular weight excluding hydrogens is 307 g/mol. The second kappa shape index (κ2) is 6.05. The second-order valence-corrected chi connectivity index (χ2v) is 6.80. The normalized spacial score (nSPS) is 13.4. The van der Waals surface area contributed by atoms with E-state index in [-0.39, 0.29) is 5.75 Å². The Morgan fingerprint density at radius 1 is 1.20 bits per heavy atom. The Labute approximate surface area is 121 Å². The number of hydrogen-bond donors (Lipinski definition) is 0. The molecular formula is C13H12F3NOS2. The molecule has 0 spiro atoms. The van der Waals surface area contributed by atoms with Crippen LogP contribution in [0.4, 0.5) is 13.2 Å². The highest BCUT2D eigenvalue weighted by Gasteiger charge is 2.29. The molecule has 0 fully saturated rings. The number of aryl methyl sites for hydroxylation is 1. The summed E-state index contributed by atoms with van der Waals surface area (Å²) in [6.07, 6.45) is -4.34. The van der Waals surface area contributed by atoms with Gasteiger partial charge in [0.15, 0.2) is 0 Å². The molecule has 0 bridgehead atoms. The van der Waals surface area contributed by atoms with Gasteiger partial charge in [-0.05, 0) is 24.6 Å². The van der Waals surface area contributed by atoms with Gasteiger partial charge in [0.05, 0.1) is 22.0 Å². The highest BCUT2D eigenvalue weighted by molar-refractivity contribution is 7.83. The molecule has 0 N–H and O–H groups in total. The minimum Gasteiger partial charge on any atom is -0.259 e. The summed E-state index contributed by atoms with van der Waals surface area (Å²) in [4.78, 5) is 4.22. The molecule has 20 heavy (non-hydrogen) atoms. The Morgan fingerprint density at radius 2 is 1.85 bits per heavy atom.